The maximum absolute atomic E-state index is 11.0. The van der Waals surface area contributed by atoms with E-state index >= 15 is 0 Å². The Kier molecular flexibility index (Phi) is 5.29. The van der Waals surface area contributed by atoms with E-state index in [1.54, 1.807) is 0 Å². The average Bonchev–Trinajstić information content (AvgIpc) is 3.40. The fourth-order valence-electron chi connectivity index (χ4n) is 4.81. The van der Waals surface area contributed by atoms with Gasteiger partial charge in [0.1, 0.15) is 17.1 Å². The normalized spacial score (nSPS) is 18.0. The van der Waals surface area contributed by atoms with Gasteiger partial charge in [-0.2, -0.15) is 5.26 Å². The number of fused-ring (bicyclic) bond motifs is 2. The highest BCUT2D eigenvalue weighted by Gasteiger charge is 2.29. The molecule has 1 aliphatic carbocycles. The number of rotatable bonds is 5. The molecule has 32 heavy (non-hydrogen) atoms. The summed E-state index contributed by atoms with van der Waals surface area (Å²) in [7, 11) is 0. The molecule has 0 amide bonds. The maximum Gasteiger partial charge on any atom is 0.317 e. The third-order valence-corrected chi connectivity index (χ3v) is 6.38. The molecule has 8 nitrogen and oxygen atoms in total. The van der Waals surface area contributed by atoms with Crippen molar-refractivity contribution in [3.05, 3.63) is 46.5 Å². The number of oxazole rings is 1. The molecule has 2 heterocycles. The number of ether oxygens (including phenoxy) is 1. The van der Waals surface area contributed by atoms with Crippen LogP contribution in [0.1, 0.15) is 34.7 Å². The van der Waals surface area contributed by atoms with Crippen LogP contribution in [0.25, 0.3) is 22.6 Å². The Morgan fingerprint density at radius 2 is 2.19 bits per heavy atom. The van der Waals surface area contributed by atoms with Gasteiger partial charge in [-0.3, -0.25) is 4.79 Å². The predicted octanol–water partition coefficient (Wildman–Crippen LogP) is 3.17. The van der Waals surface area contributed by atoms with E-state index < -0.39 is 5.97 Å². The zero-order valence-corrected chi connectivity index (χ0v) is 17.9. The van der Waals surface area contributed by atoms with Gasteiger partial charge in [-0.15, -0.1) is 0 Å². The summed E-state index contributed by atoms with van der Waals surface area (Å²) in [4.78, 5) is 18.0. The number of hydrogen-bond acceptors (Lipinski definition) is 7. The molecule has 1 saturated heterocycles. The highest BCUT2D eigenvalue weighted by atomic mass is 16.5. The van der Waals surface area contributed by atoms with Crippen molar-refractivity contribution in [2.45, 2.75) is 25.8 Å². The van der Waals surface area contributed by atoms with Crippen LogP contribution < -0.4 is 10.2 Å². The van der Waals surface area contributed by atoms with Gasteiger partial charge >= 0.3 is 5.97 Å². The van der Waals surface area contributed by atoms with E-state index in [-0.39, 0.29) is 12.6 Å². The summed E-state index contributed by atoms with van der Waals surface area (Å²) in [5.41, 5.74) is 6.58. The number of nitrogens with zero attached hydrogens (tertiary/aromatic N) is 3. The number of carboxylic acids is 1. The molecule has 1 aromatic heterocycles. The molecule has 0 unspecified atom stereocenters. The van der Waals surface area contributed by atoms with Gasteiger partial charge in [0.2, 0.25) is 5.89 Å². The fourth-order valence-corrected chi connectivity index (χ4v) is 4.81. The molecule has 2 aliphatic rings. The largest absolute Gasteiger partial charge is 0.480 e. The summed E-state index contributed by atoms with van der Waals surface area (Å²) in [6, 6.07) is 10.2. The highest BCUT2D eigenvalue weighted by Crippen LogP contribution is 2.39. The van der Waals surface area contributed by atoms with E-state index in [9.17, 15) is 10.1 Å². The average molecular weight is 432 g/mol. The second-order valence-electron chi connectivity index (χ2n) is 8.21. The smallest absolute Gasteiger partial charge is 0.317 e. The lowest BCUT2D eigenvalue weighted by molar-refractivity contribution is -0.136. The van der Waals surface area contributed by atoms with Crippen molar-refractivity contribution in [3.8, 4) is 17.5 Å². The Morgan fingerprint density at radius 1 is 1.38 bits per heavy atom. The number of aromatic nitrogens is 1. The van der Waals surface area contributed by atoms with E-state index in [1.807, 2.05) is 18.2 Å². The second-order valence-corrected chi connectivity index (χ2v) is 8.21. The lowest BCUT2D eigenvalue weighted by Crippen LogP contribution is -2.36. The van der Waals surface area contributed by atoms with Gasteiger partial charge in [-0.25, -0.2) is 4.98 Å². The molecular formula is C24H24N4O4. The lowest BCUT2D eigenvalue weighted by Gasteiger charge is -2.30. The van der Waals surface area contributed by atoms with Crippen molar-refractivity contribution in [1.29, 1.82) is 5.26 Å². The monoisotopic (exact) mass is 432 g/mol. The number of morpholine rings is 1. The predicted molar refractivity (Wildman–Crippen MR) is 119 cm³/mol. The Labute approximate surface area is 185 Å². The molecule has 3 aromatic rings. The number of nitrogens with one attached hydrogen (secondary N) is 1. The summed E-state index contributed by atoms with van der Waals surface area (Å²) in [6.45, 7) is 5.04. The molecule has 2 N–H and O–H groups in total. The number of carboxylic acid groups (broad SMARTS) is 1. The van der Waals surface area contributed by atoms with E-state index in [0.29, 0.717) is 42.2 Å². The molecule has 1 aliphatic heterocycles. The van der Waals surface area contributed by atoms with Crippen LogP contribution in [0.3, 0.4) is 0 Å². The second kappa shape index (κ2) is 8.26. The first-order chi connectivity index (χ1) is 15.6. The van der Waals surface area contributed by atoms with Crippen LogP contribution >= 0.6 is 0 Å². The van der Waals surface area contributed by atoms with Crippen LogP contribution in [0, 0.1) is 18.3 Å². The van der Waals surface area contributed by atoms with Crippen molar-refractivity contribution < 1.29 is 19.1 Å². The summed E-state index contributed by atoms with van der Waals surface area (Å²) >= 11 is 0. The minimum atomic E-state index is -0.903. The maximum atomic E-state index is 11.0. The molecule has 164 valence electrons. The van der Waals surface area contributed by atoms with E-state index in [4.69, 9.17) is 19.2 Å². The van der Waals surface area contributed by atoms with Crippen LogP contribution in [-0.2, 0) is 16.0 Å². The molecular weight excluding hydrogens is 408 g/mol. The first-order valence-electron chi connectivity index (χ1n) is 10.8. The number of anilines is 1. The summed E-state index contributed by atoms with van der Waals surface area (Å²) in [5, 5.41) is 22.0. The van der Waals surface area contributed by atoms with E-state index in [2.05, 4.69) is 29.3 Å². The minimum absolute atomic E-state index is 0.107. The SMILES string of the molecule is Cc1c(-c2nc3cc4c(c(C#N)c3o2)CC[C@H]4NCC(=O)O)cccc1N1CCOCC1. The third-order valence-electron chi connectivity index (χ3n) is 6.38. The molecule has 1 atom stereocenters. The third kappa shape index (κ3) is 3.49. The van der Waals surface area contributed by atoms with Gasteiger partial charge in [-0.05, 0) is 54.7 Å². The first-order valence-corrected chi connectivity index (χ1v) is 10.8. The lowest BCUT2D eigenvalue weighted by atomic mass is 10.0. The van der Waals surface area contributed by atoms with Gasteiger partial charge in [0.25, 0.3) is 0 Å². The molecule has 2 aromatic carbocycles. The van der Waals surface area contributed by atoms with Gasteiger partial charge in [0.05, 0.1) is 19.8 Å². The summed E-state index contributed by atoms with van der Waals surface area (Å²) < 4.78 is 11.6. The Bertz CT molecular complexity index is 1240. The Morgan fingerprint density at radius 3 is 2.94 bits per heavy atom. The van der Waals surface area contributed by atoms with Gasteiger partial charge in [-0.1, -0.05) is 6.07 Å². The molecule has 1 fully saturated rings. The number of benzene rings is 2. The van der Waals surface area contributed by atoms with E-state index in [0.717, 1.165) is 47.5 Å². The quantitative estimate of drug-likeness (QED) is 0.632. The van der Waals surface area contributed by atoms with Crippen LogP contribution in [0.15, 0.2) is 28.7 Å². The van der Waals surface area contributed by atoms with Crippen LogP contribution in [0.2, 0.25) is 0 Å². The Hall–Kier alpha value is -3.41. The molecule has 0 spiro atoms. The number of hydrogen-bond donors (Lipinski definition) is 2. The molecule has 0 saturated carbocycles. The van der Waals surface area contributed by atoms with Gasteiger partial charge < -0.3 is 24.5 Å². The molecule has 0 bridgehead atoms. The van der Waals surface area contributed by atoms with Crippen LogP contribution in [0.5, 0.6) is 0 Å². The number of nitriles is 1. The standard InChI is InChI=1S/C24H24N4O4/c1-14-15(3-2-4-21(14)28-7-9-31-10-8-28)24-27-20-11-17-16(18(12-25)23(20)32-24)5-6-19(17)26-13-22(29)30/h2-4,11,19,26H,5-10,13H2,1H3,(H,29,30)/t19-/m1/s1. The summed E-state index contributed by atoms with van der Waals surface area (Å²) in [6.07, 6.45) is 1.45. The first kappa shape index (κ1) is 20.5. The topological polar surface area (TPSA) is 112 Å². The number of carbonyl (C=O) groups is 1. The minimum Gasteiger partial charge on any atom is -0.480 e. The van der Waals surface area contributed by atoms with Crippen molar-refractivity contribution in [3.63, 3.8) is 0 Å². The van der Waals surface area contributed by atoms with Crippen molar-refractivity contribution in [1.82, 2.24) is 10.3 Å². The molecule has 5 rings (SSSR count). The van der Waals surface area contributed by atoms with Crippen molar-refractivity contribution in [2.24, 2.45) is 0 Å². The zero-order valence-electron chi connectivity index (χ0n) is 17.9. The van der Waals surface area contributed by atoms with Gasteiger partial charge in [0.15, 0.2) is 5.58 Å². The van der Waals surface area contributed by atoms with Crippen molar-refractivity contribution >= 4 is 22.8 Å². The van der Waals surface area contributed by atoms with Crippen molar-refractivity contribution in [2.75, 3.05) is 37.7 Å². The van der Waals surface area contributed by atoms with Gasteiger partial charge in [0, 0.05) is 30.4 Å². The summed E-state index contributed by atoms with van der Waals surface area (Å²) in [5.74, 6) is -0.415. The molecule has 0 radical (unpaired) electrons. The van der Waals surface area contributed by atoms with E-state index in [1.165, 1.54) is 0 Å². The van der Waals surface area contributed by atoms with Crippen LogP contribution in [-0.4, -0.2) is 48.9 Å². The zero-order chi connectivity index (χ0) is 22.2. The number of aliphatic carboxylic acids is 1. The Balaban J connectivity index is 1.56. The van der Waals surface area contributed by atoms with Crippen LogP contribution in [0.4, 0.5) is 5.69 Å². The highest BCUT2D eigenvalue weighted by molar-refractivity contribution is 5.86. The molecule has 8 heteroatoms. The fraction of sp³-hybridized carbons (Fsp3) is 0.375.